The van der Waals surface area contributed by atoms with Crippen LogP contribution in [-0.2, 0) is 4.74 Å². The van der Waals surface area contributed by atoms with E-state index in [1.807, 2.05) is 0 Å². The molecular weight excluding hydrogens is 230 g/mol. The van der Waals surface area contributed by atoms with Gasteiger partial charge in [-0.05, 0) is 18.4 Å². The van der Waals surface area contributed by atoms with Crippen molar-refractivity contribution >= 4 is 17.5 Å². The molecule has 3 N–H and O–H groups in total. The first kappa shape index (κ1) is 14.3. The number of nitrogen functional groups attached to an aromatic ring is 1. The molecule has 0 saturated carbocycles. The number of ether oxygens (including phenoxy) is 1. The van der Waals surface area contributed by atoms with E-state index in [0.29, 0.717) is 23.0 Å². The van der Waals surface area contributed by atoms with Gasteiger partial charge < -0.3 is 15.8 Å². The number of carbonyl (C=O) groups excluding carboxylic acids is 1. The number of rotatable bonds is 5. The summed E-state index contributed by atoms with van der Waals surface area (Å²) in [6.45, 7) is 6.33. The molecule has 1 aromatic rings. The molecule has 0 aromatic carbocycles. The van der Waals surface area contributed by atoms with E-state index in [4.69, 9.17) is 10.5 Å². The number of hydrogen-bond acceptors (Lipinski definition) is 5. The van der Waals surface area contributed by atoms with E-state index in [9.17, 15) is 4.79 Å². The molecule has 0 aliphatic carbocycles. The second-order valence-corrected chi connectivity index (χ2v) is 4.56. The molecule has 1 aromatic heterocycles. The third-order valence-corrected chi connectivity index (χ3v) is 2.88. The summed E-state index contributed by atoms with van der Waals surface area (Å²) in [6.07, 6.45) is 2.48. The van der Waals surface area contributed by atoms with Gasteiger partial charge in [0.15, 0.2) is 0 Å². The predicted molar refractivity (Wildman–Crippen MR) is 72.5 cm³/mol. The van der Waals surface area contributed by atoms with E-state index < -0.39 is 5.97 Å². The lowest BCUT2D eigenvalue weighted by Gasteiger charge is -2.22. The van der Waals surface area contributed by atoms with Crippen LogP contribution in [0.3, 0.4) is 0 Å². The van der Waals surface area contributed by atoms with Crippen molar-refractivity contribution in [3.63, 3.8) is 0 Å². The van der Waals surface area contributed by atoms with Crippen LogP contribution in [0.15, 0.2) is 12.3 Å². The maximum Gasteiger partial charge on any atom is 0.341 e. The molecule has 1 rings (SSSR count). The molecule has 0 fully saturated rings. The van der Waals surface area contributed by atoms with Crippen molar-refractivity contribution in [3.05, 3.63) is 17.8 Å². The SMILES string of the molecule is CCC(Nc1ncc(N)cc1C(=O)OC)C(C)C. The fraction of sp³-hybridized carbons (Fsp3) is 0.538. The molecule has 5 nitrogen and oxygen atoms in total. The van der Waals surface area contributed by atoms with Gasteiger partial charge in [-0.1, -0.05) is 20.8 Å². The normalized spacial score (nSPS) is 12.3. The summed E-state index contributed by atoms with van der Waals surface area (Å²) < 4.78 is 4.73. The Hall–Kier alpha value is -1.78. The Balaban J connectivity index is 3.04. The van der Waals surface area contributed by atoms with Crippen molar-refractivity contribution in [1.82, 2.24) is 4.98 Å². The molecule has 18 heavy (non-hydrogen) atoms. The Bertz CT molecular complexity index is 419. The lowest BCUT2D eigenvalue weighted by atomic mass is 10.0. The van der Waals surface area contributed by atoms with Crippen LogP contribution < -0.4 is 11.1 Å². The van der Waals surface area contributed by atoms with Crippen LogP contribution in [0.5, 0.6) is 0 Å². The van der Waals surface area contributed by atoms with Crippen LogP contribution in [0.1, 0.15) is 37.6 Å². The highest BCUT2D eigenvalue weighted by atomic mass is 16.5. The number of nitrogens with one attached hydrogen (secondary N) is 1. The number of hydrogen-bond donors (Lipinski definition) is 2. The molecule has 0 aliphatic rings. The minimum absolute atomic E-state index is 0.254. The molecular formula is C13H21N3O2. The van der Waals surface area contributed by atoms with Gasteiger partial charge in [-0.2, -0.15) is 0 Å². The molecule has 1 unspecified atom stereocenters. The fourth-order valence-corrected chi connectivity index (χ4v) is 1.78. The van der Waals surface area contributed by atoms with Gasteiger partial charge in [0.05, 0.1) is 19.0 Å². The van der Waals surface area contributed by atoms with E-state index in [-0.39, 0.29) is 6.04 Å². The van der Waals surface area contributed by atoms with Gasteiger partial charge >= 0.3 is 5.97 Å². The van der Waals surface area contributed by atoms with Crippen molar-refractivity contribution in [1.29, 1.82) is 0 Å². The van der Waals surface area contributed by atoms with E-state index in [0.717, 1.165) is 6.42 Å². The van der Waals surface area contributed by atoms with Gasteiger partial charge in [0.25, 0.3) is 0 Å². The average Bonchev–Trinajstić information content (AvgIpc) is 2.35. The first-order valence-electron chi connectivity index (χ1n) is 6.10. The van der Waals surface area contributed by atoms with Gasteiger partial charge in [-0.15, -0.1) is 0 Å². The number of nitrogens with zero attached hydrogens (tertiary/aromatic N) is 1. The zero-order valence-electron chi connectivity index (χ0n) is 11.4. The van der Waals surface area contributed by atoms with Gasteiger partial charge in [-0.25, -0.2) is 9.78 Å². The van der Waals surface area contributed by atoms with Gasteiger partial charge in [-0.3, -0.25) is 0 Å². The largest absolute Gasteiger partial charge is 0.465 e. The molecule has 0 bridgehead atoms. The molecule has 1 atom stereocenters. The van der Waals surface area contributed by atoms with Gasteiger partial charge in [0.2, 0.25) is 0 Å². The van der Waals surface area contributed by atoms with Crippen molar-refractivity contribution in [2.45, 2.75) is 33.2 Å². The zero-order chi connectivity index (χ0) is 13.7. The van der Waals surface area contributed by atoms with E-state index in [2.05, 4.69) is 31.1 Å². The fourth-order valence-electron chi connectivity index (χ4n) is 1.78. The summed E-state index contributed by atoms with van der Waals surface area (Å²) in [5.74, 6) is 0.535. The van der Waals surface area contributed by atoms with Crippen molar-refractivity contribution in [2.24, 2.45) is 5.92 Å². The molecule has 0 saturated heterocycles. The smallest absolute Gasteiger partial charge is 0.341 e. The topological polar surface area (TPSA) is 77.2 Å². The zero-order valence-corrected chi connectivity index (χ0v) is 11.4. The Morgan fingerprint density at radius 2 is 2.22 bits per heavy atom. The number of anilines is 2. The quantitative estimate of drug-likeness (QED) is 0.785. The van der Waals surface area contributed by atoms with Gasteiger partial charge in [0, 0.05) is 6.04 Å². The lowest BCUT2D eigenvalue weighted by Crippen LogP contribution is -2.26. The van der Waals surface area contributed by atoms with Crippen LogP contribution in [0.4, 0.5) is 11.5 Å². The summed E-state index contributed by atoms with van der Waals surface area (Å²) in [6, 6.07) is 1.83. The predicted octanol–water partition coefficient (Wildman–Crippen LogP) is 2.30. The number of pyridine rings is 1. The molecule has 0 aliphatic heterocycles. The molecule has 0 radical (unpaired) electrons. The van der Waals surface area contributed by atoms with E-state index >= 15 is 0 Å². The van der Waals surface area contributed by atoms with Crippen molar-refractivity contribution in [3.8, 4) is 0 Å². The summed E-state index contributed by atoms with van der Waals surface area (Å²) >= 11 is 0. The van der Waals surface area contributed by atoms with Crippen LogP contribution in [0, 0.1) is 5.92 Å². The molecule has 0 spiro atoms. The van der Waals surface area contributed by atoms with E-state index in [1.54, 1.807) is 6.07 Å². The Morgan fingerprint density at radius 3 is 2.72 bits per heavy atom. The minimum Gasteiger partial charge on any atom is -0.465 e. The number of esters is 1. The highest BCUT2D eigenvalue weighted by molar-refractivity contribution is 5.95. The highest BCUT2D eigenvalue weighted by Crippen LogP contribution is 2.20. The van der Waals surface area contributed by atoms with Crippen LogP contribution in [0.25, 0.3) is 0 Å². The summed E-state index contributed by atoms with van der Waals surface area (Å²) in [5.41, 5.74) is 6.46. The maximum absolute atomic E-state index is 11.7. The number of nitrogens with two attached hydrogens (primary N) is 1. The molecule has 5 heteroatoms. The van der Waals surface area contributed by atoms with E-state index in [1.165, 1.54) is 13.3 Å². The first-order chi connectivity index (χ1) is 8.49. The third kappa shape index (κ3) is 3.35. The first-order valence-corrected chi connectivity index (χ1v) is 6.10. The molecule has 0 amide bonds. The Kier molecular flexibility index (Phi) is 4.95. The highest BCUT2D eigenvalue weighted by Gasteiger charge is 2.18. The van der Waals surface area contributed by atoms with Crippen molar-refractivity contribution < 1.29 is 9.53 Å². The Morgan fingerprint density at radius 1 is 1.56 bits per heavy atom. The van der Waals surface area contributed by atoms with Crippen molar-refractivity contribution in [2.75, 3.05) is 18.2 Å². The maximum atomic E-state index is 11.7. The van der Waals surface area contributed by atoms with Crippen LogP contribution >= 0.6 is 0 Å². The standard InChI is InChI=1S/C13H21N3O2/c1-5-11(8(2)3)16-12-10(13(17)18-4)6-9(14)7-15-12/h6-8,11H,5,14H2,1-4H3,(H,15,16). The molecule has 1 heterocycles. The average molecular weight is 251 g/mol. The number of methoxy groups -OCH3 is 1. The van der Waals surface area contributed by atoms with Crippen LogP contribution in [0.2, 0.25) is 0 Å². The van der Waals surface area contributed by atoms with Gasteiger partial charge in [0.1, 0.15) is 11.4 Å². The summed E-state index contributed by atoms with van der Waals surface area (Å²) in [5, 5.41) is 3.27. The van der Waals surface area contributed by atoms with Crippen LogP contribution in [-0.4, -0.2) is 24.1 Å². The summed E-state index contributed by atoms with van der Waals surface area (Å²) in [7, 11) is 1.34. The molecule has 100 valence electrons. The minimum atomic E-state index is -0.434. The second-order valence-electron chi connectivity index (χ2n) is 4.56. The second kappa shape index (κ2) is 6.23. The number of carbonyl (C=O) groups is 1. The Labute approximate surface area is 108 Å². The number of aromatic nitrogens is 1. The third-order valence-electron chi connectivity index (χ3n) is 2.88. The lowest BCUT2D eigenvalue weighted by molar-refractivity contribution is 0.0601. The summed E-state index contributed by atoms with van der Waals surface area (Å²) in [4.78, 5) is 15.8. The monoisotopic (exact) mass is 251 g/mol.